The van der Waals surface area contributed by atoms with Gasteiger partial charge in [0.05, 0.1) is 12.2 Å². The molecule has 4 nitrogen and oxygen atoms in total. The predicted molar refractivity (Wildman–Crippen MR) is 55.0 cm³/mol. The maximum Gasteiger partial charge on any atom is 0.335 e. The van der Waals surface area contributed by atoms with Crippen molar-refractivity contribution in [2.45, 2.75) is 6.10 Å². The number of aromatic carboxylic acids is 1. The van der Waals surface area contributed by atoms with Gasteiger partial charge in [0.15, 0.2) is 0 Å². The first-order valence-electron chi connectivity index (χ1n) is 4.54. The first-order chi connectivity index (χ1) is 7.19. The molecule has 0 fully saturated rings. The lowest BCUT2D eigenvalue weighted by Gasteiger charge is -2.14. The highest BCUT2D eigenvalue weighted by Crippen LogP contribution is 2.17. The summed E-state index contributed by atoms with van der Waals surface area (Å²) in [5.74, 6) is -0.928. The van der Waals surface area contributed by atoms with Gasteiger partial charge in [-0.15, -0.1) is 0 Å². The Balaban J connectivity index is 2.81. The first kappa shape index (κ1) is 11.7. The zero-order chi connectivity index (χ0) is 11.3. The topological polar surface area (TPSA) is 55.8 Å². The molecule has 1 atom stereocenters. The summed E-state index contributed by atoms with van der Waals surface area (Å²) in [5.41, 5.74) is 1.18. The van der Waals surface area contributed by atoms with Crippen LogP contribution in [0.3, 0.4) is 0 Å². The van der Waals surface area contributed by atoms with Crippen molar-refractivity contribution in [1.29, 1.82) is 0 Å². The summed E-state index contributed by atoms with van der Waals surface area (Å²) < 4.78 is 10.2. The largest absolute Gasteiger partial charge is 0.478 e. The smallest absolute Gasteiger partial charge is 0.335 e. The first-order valence-corrected chi connectivity index (χ1v) is 4.54. The minimum Gasteiger partial charge on any atom is -0.478 e. The Labute approximate surface area is 88.4 Å². The van der Waals surface area contributed by atoms with Crippen molar-refractivity contribution in [3.63, 3.8) is 0 Å². The van der Waals surface area contributed by atoms with Crippen molar-refractivity contribution >= 4 is 5.97 Å². The van der Waals surface area contributed by atoms with Crippen molar-refractivity contribution in [3.05, 3.63) is 35.4 Å². The molecule has 0 aromatic heterocycles. The molecule has 82 valence electrons. The fourth-order valence-corrected chi connectivity index (χ4v) is 1.29. The third-order valence-electron chi connectivity index (χ3n) is 2.13. The second-order valence-corrected chi connectivity index (χ2v) is 3.11. The Morgan fingerprint density at radius 1 is 1.33 bits per heavy atom. The lowest BCUT2D eigenvalue weighted by molar-refractivity contribution is 0.0274. The van der Waals surface area contributed by atoms with Crippen LogP contribution in [0.4, 0.5) is 0 Å². The molecule has 1 rings (SSSR count). The third-order valence-corrected chi connectivity index (χ3v) is 2.13. The molecule has 15 heavy (non-hydrogen) atoms. The van der Waals surface area contributed by atoms with Gasteiger partial charge in [0, 0.05) is 14.2 Å². The fraction of sp³-hybridized carbons (Fsp3) is 0.364. The molecule has 0 aliphatic carbocycles. The maximum absolute atomic E-state index is 10.6. The van der Waals surface area contributed by atoms with Crippen LogP contribution in [0.5, 0.6) is 0 Å². The monoisotopic (exact) mass is 210 g/mol. The number of benzene rings is 1. The Morgan fingerprint density at radius 2 is 1.93 bits per heavy atom. The predicted octanol–water partition coefficient (Wildman–Crippen LogP) is 1.72. The zero-order valence-corrected chi connectivity index (χ0v) is 8.77. The molecule has 0 aliphatic rings. The van der Waals surface area contributed by atoms with E-state index >= 15 is 0 Å². The van der Waals surface area contributed by atoms with Crippen LogP contribution < -0.4 is 0 Å². The van der Waals surface area contributed by atoms with E-state index in [1.165, 1.54) is 0 Å². The molecular weight excluding hydrogens is 196 g/mol. The quantitative estimate of drug-likeness (QED) is 0.803. The summed E-state index contributed by atoms with van der Waals surface area (Å²) in [7, 11) is 3.19. The van der Waals surface area contributed by atoms with Gasteiger partial charge in [0.25, 0.3) is 0 Å². The fourth-order valence-electron chi connectivity index (χ4n) is 1.29. The van der Waals surface area contributed by atoms with E-state index in [0.29, 0.717) is 6.61 Å². The van der Waals surface area contributed by atoms with Gasteiger partial charge in [-0.25, -0.2) is 4.79 Å². The molecule has 1 unspecified atom stereocenters. The summed E-state index contributed by atoms with van der Waals surface area (Å²) in [4.78, 5) is 10.6. The molecule has 0 amide bonds. The lowest BCUT2D eigenvalue weighted by Crippen LogP contribution is -2.08. The number of ether oxygens (including phenoxy) is 2. The van der Waals surface area contributed by atoms with Gasteiger partial charge in [-0.2, -0.15) is 0 Å². The number of methoxy groups -OCH3 is 2. The average molecular weight is 210 g/mol. The van der Waals surface area contributed by atoms with E-state index in [1.807, 2.05) is 0 Å². The SMILES string of the molecule is COCC(OC)c1ccc(C(=O)O)cc1. The van der Waals surface area contributed by atoms with Crippen LogP contribution >= 0.6 is 0 Å². The average Bonchev–Trinajstić information content (AvgIpc) is 2.26. The van der Waals surface area contributed by atoms with E-state index in [4.69, 9.17) is 14.6 Å². The lowest BCUT2D eigenvalue weighted by atomic mass is 10.1. The number of carboxylic acids is 1. The molecule has 1 aromatic carbocycles. The molecule has 4 heteroatoms. The van der Waals surface area contributed by atoms with Crippen LogP contribution in [0, 0.1) is 0 Å². The second-order valence-electron chi connectivity index (χ2n) is 3.11. The van der Waals surface area contributed by atoms with E-state index in [0.717, 1.165) is 5.56 Å². The van der Waals surface area contributed by atoms with E-state index in [9.17, 15) is 4.79 Å². The highest BCUT2D eigenvalue weighted by atomic mass is 16.5. The van der Waals surface area contributed by atoms with Gasteiger partial charge in [-0.1, -0.05) is 12.1 Å². The molecule has 0 saturated heterocycles. The molecule has 0 saturated carbocycles. The van der Waals surface area contributed by atoms with Crippen molar-refractivity contribution in [3.8, 4) is 0 Å². The highest BCUT2D eigenvalue weighted by Gasteiger charge is 2.10. The van der Waals surface area contributed by atoms with Crippen molar-refractivity contribution in [2.24, 2.45) is 0 Å². The number of rotatable bonds is 5. The van der Waals surface area contributed by atoms with Crippen LogP contribution in [-0.2, 0) is 9.47 Å². The summed E-state index contributed by atoms with van der Waals surface area (Å²) in [5, 5.41) is 8.72. The van der Waals surface area contributed by atoms with Crippen molar-refractivity contribution in [1.82, 2.24) is 0 Å². The summed E-state index contributed by atoms with van der Waals surface area (Å²) in [6, 6.07) is 6.58. The maximum atomic E-state index is 10.6. The van der Waals surface area contributed by atoms with Gasteiger partial charge in [0.1, 0.15) is 6.10 Å². The van der Waals surface area contributed by atoms with E-state index in [1.54, 1.807) is 38.5 Å². The zero-order valence-electron chi connectivity index (χ0n) is 8.77. The second kappa shape index (κ2) is 5.48. The Bertz CT molecular complexity index is 318. The minimum absolute atomic E-state index is 0.155. The van der Waals surface area contributed by atoms with Crippen LogP contribution in [0.25, 0.3) is 0 Å². The molecule has 0 spiro atoms. The van der Waals surface area contributed by atoms with Gasteiger partial charge in [-0.3, -0.25) is 0 Å². The molecule has 0 aliphatic heterocycles. The van der Waals surface area contributed by atoms with Crippen LogP contribution in [0.2, 0.25) is 0 Å². The number of hydrogen-bond acceptors (Lipinski definition) is 3. The third kappa shape index (κ3) is 3.04. The van der Waals surface area contributed by atoms with Crippen LogP contribution in [0.1, 0.15) is 22.0 Å². The standard InChI is InChI=1S/C11H14O4/c1-14-7-10(15-2)8-3-5-9(6-4-8)11(12)13/h3-6,10H,7H2,1-2H3,(H,12,13). The Kier molecular flexibility index (Phi) is 4.27. The summed E-state index contributed by atoms with van der Waals surface area (Å²) in [6.07, 6.45) is -0.155. The summed E-state index contributed by atoms with van der Waals surface area (Å²) >= 11 is 0. The summed E-state index contributed by atoms with van der Waals surface area (Å²) in [6.45, 7) is 0.447. The number of carbonyl (C=O) groups is 1. The normalized spacial score (nSPS) is 12.4. The molecule has 0 radical (unpaired) electrons. The van der Waals surface area contributed by atoms with Gasteiger partial charge < -0.3 is 14.6 Å². The number of carboxylic acid groups (broad SMARTS) is 1. The minimum atomic E-state index is -0.928. The van der Waals surface area contributed by atoms with E-state index in [2.05, 4.69) is 0 Å². The highest BCUT2D eigenvalue weighted by molar-refractivity contribution is 5.87. The van der Waals surface area contributed by atoms with E-state index in [-0.39, 0.29) is 11.7 Å². The Morgan fingerprint density at radius 3 is 2.33 bits per heavy atom. The molecule has 0 heterocycles. The molecule has 1 aromatic rings. The van der Waals surface area contributed by atoms with Crippen molar-refractivity contribution < 1.29 is 19.4 Å². The molecule has 0 bridgehead atoms. The van der Waals surface area contributed by atoms with Gasteiger partial charge >= 0.3 is 5.97 Å². The van der Waals surface area contributed by atoms with E-state index < -0.39 is 5.97 Å². The molecule has 1 N–H and O–H groups in total. The Hall–Kier alpha value is -1.39. The van der Waals surface area contributed by atoms with Crippen molar-refractivity contribution in [2.75, 3.05) is 20.8 Å². The number of hydrogen-bond donors (Lipinski definition) is 1. The van der Waals surface area contributed by atoms with Gasteiger partial charge in [0.2, 0.25) is 0 Å². The molecular formula is C11H14O4. The van der Waals surface area contributed by atoms with Gasteiger partial charge in [-0.05, 0) is 17.7 Å². The van der Waals surface area contributed by atoms with Crippen LogP contribution in [0.15, 0.2) is 24.3 Å². The van der Waals surface area contributed by atoms with Crippen LogP contribution in [-0.4, -0.2) is 31.9 Å².